The molecule has 0 fully saturated rings. The van der Waals surface area contributed by atoms with Crippen molar-refractivity contribution < 1.29 is 9.15 Å². The minimum Gasteiger partial charge on any atom is -0.496 e. The molecule has 0 aliphatic carbocycles. The maximum Gasteiger partial charge on any atom is 0.339 e. The van der Waals surface area contributed by atoms with E-state index >= 15 is 0 Å². The van der Waals surface area contributed by atoms with Gasteiger partial charge in [0.05, 0.1) is 13.2 Å². The van der Waals surface area contributed by atoms with E-state index in [9.17, 15) is 4.79 Å². The van der Waals surface area contributed by atoms with E-state index in [1.54, 1.807) is 12.1 Å². The summed E-state index contributed by atoms with van der Waals surface area (Å²) >= 11 is 0. The van der Waals surface area contributed by atoms with Gasteiger partial charge in [0, 0.05) is 25.8 Å². The van der Waals surface area contributed by atoms with E-state index in [0.717, 1.165) is 11.3 Å². The molecule has 4 nitrogen and oxygen atoms in total. The zero-order valence-corrected chi connectivity index (χ0v) is 12.9. The van der Waals surface area contributed by atoms with Crippen LogP contribution in [-0.4, -0.2) is 21.2 Å². The van der Waals surface area contributed by atoms with Gasteiger partial charge in [0.15, 0.2) is 0 Å². The number of methoxy groups -OCH3 is 1. The first kappa shape index (κ1) is 15.6. The van der Waals surface area contributed by atoms with Gasteiger partial charge in [-0.25, -0.2) is 4.79 Å². The molecule has 0 unspecified atom stereocenters. The Labute approximate surface area is 130 Å². The highest BCUT2D eigenvalue weighted by Crippen LogP contribution is 2.14. The average molecular weight is 297 g/mol. The Bertz CT molecular complexity index is 725. The van der Waals surface area contributed by atoms with Crippen molar-refractivity contribution in [2.24, 2.45) is 0 Å². The summed E-state index contributed by atoms with van der Waals surface area (Å²) in [4.78, 5) is 13.4. The Kier molecular flexibility index (Phi) is 5.20. The second-order valence-electron chi connectivity index (χ2n) is 4.92. The highest BCUT2D eigenvalue weighted by atomic mass is 16.5. The maximum absolute atomic E-state index is 11.3. The minimum absolute atomic E-state index is 0.428. The molecule has 114 valence electrons. The van der Waals surface area contributed by atoms with Crippen molar-refractivity contribution in [2.45, 2.75) is 0 Å². The molecule has 1 heterocycles. The first-order valence-electron chi connectivity index (χ1n) is 6.90. The van der Waals surface area contributed by atoms with Gasteiger partial charge in [-0.15, -0.1) is 0 Å². The largest absolute Gasteiger partial charge is 0.496 e. The molecule has 0 N–H and O–H groups in total. The molecular formula is C18H19NO3. The van der Waals surface area contributed by atoms with Crippen LogP contribution in [0.1, 0.15) is 11.3 Å². The lowest BCUT2D eigenvalue weighted by Crippen LogP contribution is -2.07. The van der Waals surface area contributed by atoms with Crippen LogP contribution in [0.15, 0.2) is 57.8 Å². The van der Waals surface area contributed by atoms with Crippen molar-refractivity contribution in [1.29, 1.82) is 0 Å². The van der Waals surface area contributed by atoms with E-state index in [-0.39, 0.29) is 0 Å². The Morgan fingerprint density at radius 2 is 1.73 bits per heavy atom. The van der Waals surface area contributed by atoms with Gasteiger partial charge < -0.3 is 14.1 Å². The standard InChI is InChI=1S/C18H19NO3/c1-19(2)15-10-8-14(9-11-15)6-4-5-7-16-12-17(21-3)13-18(20)22-16/h4-13H,1-3H3/b6-4+,7-5+. The summed E-state index contributed by atoms with van der Waals surface area (Å²) < 4.78 is 10.1. The van der Waals surface area contributed by atoms with E-state index in [4.69, 9.17) is 9.15 Å². The molecule has 0 amide bonds. The molecule has 0 spiro atoms. The predicted octanol–water partition coefficient (Wildman–Crippen LogP) is 3.44. The smallest absolute Gasteiger partial charge is 0.339 e. The van der Waals surface area contributed by atoms with Crippen LogP contribution in [0.4, 0.5) is 5.69 Å². The van der Waals surface area contributed by atoms with Gasteiger partial charge in [0.1, 0.15) is 11.5 Å². The summed E-state index contributed by atoms with van der Waals surface area (Å²) in [5, 5.41) is 0. The van der Waals surface area contributed by atoms with Crippen molar-refractivity contribution in [3.63, 3.8) is 0 Å². The molecule has 1 aromatic carbocycles. The third kappa shape index (κ3) is 4.38. The van der Waals surface area contributed by atoms with Crippen LogP contribution in [0.25, 0.3) is 12.2 Å². The van der Waals surface area contributed by atoms with Crippen LogP contribution < -0.4 is 15.3 Å². The fourth-order valence-corrected chi connectivity index (χ4v) is 1.87. The Morgan fingerprint density at radius 1 is 1.05 bits per heavy atom. The molecular weight excluding hydrogens is 278 g/mol. The topological polar surface area (TPSA) is 42.7 Å². The maximum atomic E-state index is 11.3. The lowest BCUT2D eigenvalue weighted by molar-refractivity contribution is 0.400. The Hall–Kier alpha value is -2.75. The average Bonchev–Trinajstić information content (AvgIpc) is 2.51. The normalized spacial score (nSPS) is 11.2. The lowest BCUT2D eigenvalue weighted by Gasteiger charge is -2.11. The summed E-state index contributed by atoms with van der Waals surface area (Å²) in [5.74, 6) is 0.941. The summed E-state index contributed by atoms with van der Waals surface area (Å²) in [5.41, 5.74) is 1.83. The molecule has 0 saturated heterocycles. The number of ether oxygens (including phenoxy) is 1. The molecule has 0 aliphatic rings. The van der Waals surface area contributed by atoms with Gasteiger partial charge >= 0.3 is 5.63 Å². The second kappa shape index (κ2) is 7.31. The molecule has 22 heavy (non-hydrogen) atoms. The molecule has 2 aromatic rings. The van der Waals surface area contributed by atoms with Crippen LogP contribution in [0, 0.1) is 0 Å². The van der Waals surface area contributed by atoms with Crippen LogP contribution in [0.2, 0.25) is 0 Å². The second-order valence-corrected chi connectivity index (χ2v) is 4.92. The first-order valence-corrected chi connectivity index (χ1v) is 6.90. The third-order valence-electron chi connectivity index (χ3n) is 3.07. The Morgan fingerprint density at radius 3 is 2.36 bits per heavy atom. The summed E-state index contributed by atoms with van der Waals surface area (Å²) in [6, 6.07) is 11.2. The van der Waals surface area contributed by atoms with E-state index in [0.29, 0.717) is 11.5 Å². The number of allylic oxidation sites excluding steroid dienone is 2. The van der Waals surface area contributed by atoms with Crippen molar-refractivity contribution >= 4 is 17.8 Å². The summed E-state index contributed by atoms with van der Waals surface area (Å²) in [6.45, 7) is 0. The fourth-order valence-electron chi connectivity index (χ4n) is 1.87. The van der Waals surface area contributed by atoms with Crippen LogP contribution in [0.5, 0.6) is 5.75 Å². The van der Waals surface area contributed by atoms with Gasteiger partial charge in [-0.05, 0) is 23.8 Å². The van der Waals surface area contributed by atoms with E-state index in [1.807, 2.05) is 44.5 Å². The molecule has 0 atom stereocenters. The molecule has 1 aromatic heterocycles. The minimum atomic E-state index is -0.428. The fraction of sp³-hybridized carbons (Fsp3) is 0.167. The predicted molar refractivity (Wildman–Crippen MR) is 90.4 cm³/mol. The van der Waals surface area contributed by atoms with E-state index in [2.05, 4.69) is 17.0 Å². The molecule has 4 heteroatoms. The van der Waals surface area contributed by atoms with E-state index < -0.39 is 5.63 Å². The van der Waals surface area contributed by atoms with Gasteiger partial charge in [-0.3, -0.25) is 0 Å². The van der Waals surface area contributed by atoms with Crippen LogP contribution in [-0.2, 0) is 0 Å². The van der Waals surface area contributed by atoms with Crippen LogP contribution in [0.3, 0.4) is 0 Å². The monoisotopic (exact) mass is 297 g/mol. The van der Waals surface area contributed by atoms with Crippen molar-refractivity contribution in [3.05, 3.63) is 70.3 Å². The number of hydrogen-bond donors (Lipinski definition) is 0. The summed E-state index contributed by atoms with van der Waals surface area (Å²) in [6.07, 6.45) is 7.41. The van der Waals surface area contributed by atoms with Gasteiger partial charge in [-0.2, -0.15) is 0 Å². The molecule has 0 bridgehead atoms. The SMILES string of the molecule is COc1cc(/C=C/C=C/c2ccc(N(C)C)cc2)oc(=O)c1. The molecule has 2 rings (SSSR count). The zero-order chi connectivity index (χ0) is 15.9. The highest BCUT2D eigenvalue weighted by Gasteiger charge is 1.97. The zero-order valence-electron chi connectivity index (χ0n) is 12.9. The number of rotatable bonds is 5. The summed E-state index contributed by atoms with van der Waals surface area (Å²) in [7, 11) is 5.53. The van der Waals surface area contributed by atoms with Crippen molar-refractivity contribution in [2.75, 3.05) is 26.1 Å². The van der Waals surface area contributed by atoms with Gasteiger partial charge in [-0.1, -0.05) is 30.4 Å². The first-order chi connectivity index (χ1) is 10.6. The number of anilines is 1. The van der Waals surface area contributed by atoms with Gasteiger partial charge in [0.25, 0.3) is 0 Å². The van der Waals surface area contributed by atoms with Crippen LogP contribution >= 0.6 is 0 Å². The lowest BCUT2D eigenvalue weighted by atomic mass is 10.2. The molecule has 0 aliphatic heterocycles. The number of hydrogen-bond acceptors (Lipinski definition) is 4. The molecule has 0 radical (unpaired) electrons. The van der Waals surface area contributed by atoms with Crippen molar-refractivity contribution in [3.8, 4) is 5.75 Å². The highest BCUT2D eigenvalue weighted by molar-refractivity contribution is 5.58. The van der Waals surface area contributed by atoms with E-state index in [1.165, 1.54) is 13.2 Å². The quantitative estimate of drug-likeness (QED) is 0.793. The van der Waals surface area contributed by atoms with Gasteiger partial charge in [0.2, 0.25) is 0 Å². The number of nitrogens with zero attached hydrogens (tertiary/aromatic N) is 1. The number of benzene rings is 1. The Balaban J connectivity index is 2.05. The molecule has 0 saturated carbocycles. The third-order valence-corrected chi connectivity index (χ3v) is 3.07. The van der Waals surface area contributed by atoms with Crippen molar-refractivity contribution in [1.82, 2.24) is 0 Å².